The Balaban J connectivity index is 0.000000791. The van der Waals surface area contributed by atoms with E-state index in [-0.39, 0.29) is 0 Å². The molecule has 0 aliphatic heterocycles. The van der Waals surface area contributed by atoms with Crippen molar-refractivity contribution < 1.29 is 5.11 Å². The second-order valence-corrected chi connectivity index (χ2v) is 3.43. The van der Waals surface area contributed by atoms with Crippen LogP contribution in [0.15, 0.2) is 18.2 Å². The molecule has 0 fully saturated rings. The van der Waals surface area contributed by atoms with Crippen molar-refractivity contribution in [1.29, 1.82) is 0 Å². The lowest BCUT2D eigenvalue weighted by Crippen LogP contribution is -1.95. The van der Waals surface area contributed by atoms with Crippen molar-refractivity contribution in [2.24, 2.45) is 0 Å². The van der Waals surface area contributed by atoms with Crippen molar-refractivity contribution in [2.45, 2.75) is 33.3 Å². The van der Waals surface area contributed by atoms with E-state index in [1.807, 2.05) is 20.8 Å². The van der Waals surface area contributed by atoms with Crippen molar-refractivity contribution in [3.05, 3.63) is 33.8 Å². The number of halogens is 2. The highest BCUT2D eigenvalue weighted by atomic mass is 35.5. The molecular formula is C11H16Cl2O. The van der Waals surface area contributed by atoms with Crippen molar-refractivity contribution in [2.75, 3.05) is 0 Å². The minimum absolute atomic E-state index is 0.491. The van der Waals surface area contributed by atoms with Gasteiger partial charge in [-0.3, -0.25) is 0 Å². The molecule has 3 heteroatoms. The maximum atomic E-state index is 9.47. The summed E-state index contributed by atoms with van der Waals surface area (Å²) in [5.41, 5.74) is 0.739. The van der Waals surface area contributed by atoms with Gasteiger partial charge in [0.25, 0.3) is 0 Å². The SMILES string of the molecule is CC.CCC(O)c1ccc(Cl)cc1Cl. The zero-order valence-corrected chi connectivity index (χ0v) is 10.2. The van der Waals surface area contributed by atoms with Crippen LogP contribution in [-0.4, -0.2) is 5.11 Å². The summed E-state index contributed by atoms with van der Waals surface area (Å²) in [6, 6.07) is 5.11. The van der Waals surface area contributed by atoms with Gasteiger partial charge in [0.2, 0.25) is 0 Å². The van der Waals surface area contributed by atoms with Gasteiger partial charge in [-0.15, -0.1) is 0 Å². The first-order chi connectivity index (χ1) is 6.65. The molecule has 0 heterocycles. The Morgan fingerprint density at radius 3 is 2.29 bits per heavy atom. The lowest BCUT2D eigenvalue weighted by Gasteiger charge is -2.09. The predicted molar refractivity (Wildman–Crippen MR) is 63.1 cm³/mol. The van der Waals surface area contributed by atoms with E-state index in [2.05, 4.69) is 0 Å². The summed E-state index contributed by atoms with van der Waals surface area (Å²) in [6.45, 7) is 5.90. The lowest BCUT2D eigenvalue weighted by atomic mass is 10.1. The molecule has 0 aromatic heterocycles. The van der Waals surface area contributed by atoms with Gasteiger partial charge in [-0.1, -0.05) is 50.0 Å². The minimum Gasteiger partial charge on any atom is -0.388 e. The fraction of sp³-hybridized carbons (Fsp3) is 0.455. The summed E-state index contributed by atoms with van der Waals surface area (Å²) in [5, 5.41) is 10.6. The van der Waals surface area contributed by atoms with E-state index in [9.17, 15) is 5.11 Å². The van der Waals surface area contributed by atoms with Crippen LogP contribution in [0.2, 0.25) is 10.0 Å². The molecule has 1 N–H and O–H groups in total. The van der Waals surface area contributed by atoms with Crippen molar-refractivity contribution in [1.82, 2.24) is 0 Å². The molecule has 0 bridgehead atoms. The Morgan fingerprint density at radius 2 is 1.86 bits per heavy atom. The fourth-order valence-electron chi connectivity index (χ4n) is 0.992. The average Bonchev–Trinajstić information content (AvgIpc) is 2.20. The summed E-state index contributed by atoms with van der Waals surface area (Å²) < 4.78 is 0. The predicted octanol–water partition coefficient (Wildman–Crippen LogP) is 4.46. The molecule has 1 aromatic rings. The van der Waals surface area contributed by atoms with Crippen LogP contribution < -0.4 is 0 Å². The van der Waals surface area contributed by atoms with Gasteiger partial charge in [-0.2, -0.15) is 0 Å². The van der Waals surface area contributed by atoms with Crippen molar-refractivity contribution >= 4 is 23.2 Å². The van der Waals surface area contributed by atoms with Crippen LogP contribution in [-0.2, 0) is 0 Å². The monoisotopic (exact) mass is 234 g/mol. The molecule has 1 atom stereocenters. The van der Waals surface area contributed by atoms with Crippen LogP contribution in [0.1, 0.15) is 38.9 Å². The smallest absolute Gasteiger partial charge is 0.0801 e. The van der Waals surface area contributed by atoms with E-state index in [4.69, 9.17) is 23.2 Å². The van der Waals surface area contributed by atoms with Gasteiger partial charge in [-0.05, 0) is 24.1 Å². The number of hydrogen-bond acceptors (Lipinski definition) is 1. The molecular weight excluding hydrogens is 219 g/mol. The average molecular weight is 235 g/mol. The fourth-order valence-corrected chi connectivity index (χ4v) is 1.53. The van der Waals surface area contributed by atoms with Crippen LogP contribution in [0.5, 0.6) is 0 Å². The summed E-state index contributed by atoms with van der Waals surface area (Å²) >= 11 is 11.6. The lowest BCUT2D eigenvalue weighted by molar-refractivity contribution is 0.174. The van der Waals surface area contributed by atoms with Gasteiger partial charge in [0, 0.05) is 10.0 Å². The zero-order chi connectivity index (χ0) is 11.1. The van der Waals surface area contributed by atoms with Gasteiger partial charge >= 0.3 is 0 Å². The molecule has 0 aliphatic rings. The van der Waals surface area contributed by atoms with Crippen LogP contribution in [0.3, 0.4) is 0 Å². The van der Waals surface area contributed by atoms with Crippen LogP contribution in [0.25, 0.3) is 0 Å². The van der Waals surface area contributed by atoms with Gasteiger partial charge < -0.3 is 5.11 Å². The quantitative estimate of drug-likeness (QED) is 0.802. The molecule has 80 valence electrons. The summed E-state index contributed by atoms with van der Waals surface area (Å²) in [4.78, 5) is 0. The number of aliphatic hydroxyl groups excluding tert-OH is 1. The van der Waals surface area contributed by atoms with Crippen LogP contribution in [0, 0.1) is 0 Å². The standard InChI is InChI=1S/C9H10Cl2O.C2H6/c1-2-9(12)7-4-3-6(10)5-8(7)11;1-2/h3-5,9,12H,2H2,1H3;1-2H3. The molecule has 0 radical (unpaired) electrons. The Labute approximate surface area is 95.7 Å². The van der Waals surface area contributed by atoms with Crippen LogP contribution >= 0.6 is 23.2 Å². The van der Waals surface area contributed by atoms with Gasteiger partial charge in [0.1, 0.15) is 0 Å². The second kappa shape index (κ2) is 7.10. The maximum Gasteiger partial charge on any atom is 0.0801 e. The number of hydrogen-bond donors (Lipinski definition) is 1. The van der Waals surface area contributed by atoms with Gasteiger partial charge in [0.05, 0.1) is 6.10 Å². The third kappa shape index (κ3) is 3.87. The molecule has 1 nitrogen and oxygen atoms in total. The normalized spacial score (nSPS) is 11.6. The molecule has 0 amide bonds. The van der Waals surface area contributed by atoms with E-state index in [0.717, 1.165) is 5.56 Å². The maximum absolute atomic E-state index is 9.47. The van der Waals surface area contributed by atoms with E-state index in [1.165, 1.54) is 0 Å². The molecule has 14 heavy (non-hydrogen) atoms. The first kappa shape index (κ1) is 13.8. The highest BCUT2D eigenvalue weighted by Crippen LogP contribution is 2.27. The summed E-state index contributed by atoms with van der Waals surface area (Å²) in [6.07, 6.45) is 0.163. The Hall–Kier alpha value is -0.240. The first-order valence-electron chi connectivity index (χ1n) is 4.78. The Bertz CT molecular complexity index is 274. The molecule has 1 aromatic carbocycles. The summed E-state index contributed by atoms with van der Waals surface area (Å²) in [7, 11) is 0. The zero-order valence-electron chi connectivity index (χ0n) is 8.72. The third-order valence-electron chi connectivity index (χ3n) is 1.71. The van der Waals surface area contributed by atoms with Crippen molar-refractivity contribution in [3.63, 3.8) is 0 Å². The molecule has 0 spiro atoms. The third-order valence-corrected chi connectivity index (χ3v) is 2.27. The second-order valence-electron chi connectivity index (χ2n) is 2.59. The van der Waals surface area contributed by atoms with Gasteiger partial charge in [-0.25, -0.2) is 0 Å². The number of aliphatic hydroxyl groups is 1. The topological polar surface area (TPSA) is 20.2 Å². The number of benzene rings is 1. The van der Waals surface area contributed by atoms with E-state index in [1.54, 1.807) is 18.2 Å². The highest BCUT2D eigenvalue weighted by molar-refractivity contribution is 6.35. The molecule has 0 saturated carbocycles. The Kier molecular flexibility index (Phi) is 6.98. The first-order valence-corrected chi connectivity index (χ1v) is 5.53. The largest absolute Gasteiger partial charge is 0.388 e. The molecule has 0 aliphatic carbocycles. The van der Waals surface area contributed by atoms with E-state index >= 15 is 0 Å². The van der Waals surface area contributed by atoms with Crippen LogP contribution in [0.4, 0.5) is 0 Å². The highest BCUT2D eigenvalue weighted by Gasteiger charge is 2.08. The minimum atomic E-state index is -0.491. The Morgan fingerprint density at radius 1 is 1.29 bits per heavy atom. The molecule has 1 unspecified atom stereocenters. The molecule has 1 rings (SSSR count). The van der Waals surface area contributed by atoms with E-state index in [0.29, 0.717) is 16.5 Å². The summed E-state index contributed by atoms with van der Waals surface area (Å²) in [5.74, 6) is 0. The van der Waals surface area contributed by atoms with Crippen molar-refractivity contribution in [3.8, 4) is 0 Å². The van der Waals surface area contributed by atoms with E-state index < -0.39 is 6.10 Å². The number of rotatable bonds is 2. The molecule has 0 saturated heterocycles. The van der Waals surface area contributed by atoms with Gasteiger partial charge in [0.15, 0.2) is 0 Å².